The maximum Gasteiger partial charge on any atom is 0.321 e. The second kappa shape index (κ2) is 9.74. The first kappa shape index (κ1) is 21.7. The highest BCUT2D eigenvalue weighted by atomic mass is 35.5. The quantitative estimate of drug-likeness (QED) is 0.624. The Morgan fingerprint density at radius 1 is 0.938 bits per heavy atom. The van der Waals surface area contributed by atoms with Crippen molar-refractivity contribution in [3.05, 3.63) is 59.6 Å². The molecule has 2 heterocycles. The summed E-state index contributed by atoms with van der Waals surface area (Å²) in [6, 6.07) is 16.5. The lowest BCUT2D eigenvalue weighted by atomic mass is 10.1. The zero-order chi connectivity index (χ0) is 22.5. The molecule has 1 aromatic heterocycles. The van der Waals surface area contributed by atoms with Gasteiger partial charge in [-0.05, 0) is 30.3 Å². The summed E-state index contributed by atoms with van der Waals surface area (Å²) in [6.07, 6.45) is 0. The molecular weight excluding hydrogens is 430 g/mol. The van der Waals surface area contributed by atoms with E-state index in [9.17, 15) is 4.79 Å². The van der Waals surface area contributed by atoms with Crippen molar-refractivity contribution in [1.82, 2.24) is 15.1 Å². The number of benzene rings is 2. The van der Waals surface area contributed by atoms with Crippen LogP contribution in [0.5, 0.6) is 11.5 Å². The van der Waals surface area contributed by atoms with Gasteiger partial charge in [-0.1, -0.05) is 29.8 Å². The zero-order valence-corrected chi connectivity index (χ0v) is 18.7. The van der Waals surface area contributed by atoms with E-state index in [1.54, 1.807) is 37.3 Å². The van der Waals surface area contributed by atoms with Gasteiger partial charge in [0.05, 0.1) is 24.9 Å². The van der Waals surface area contributed by atoms with Gasteiger partial charge in [-0.25, -0.2) is 4.79 Å². The zero-order valence-electron chi connectivity index (χ0n) is 17.9. The van der Waals surface area contributed by atoms with E-state index in [4.69, 9.17) is 21.1 Å². The molecule has 3 aromatic rings. The summed E-state index contributed by atoms with van der Waals surface area (Å²) in [7, 11) is 3.14. The molecule has 1 aliphatic heterocycles. The van der Waals surface area contributed by atoms with Gasteiger partial charge in [0.15, 0.2) is 17.3 Å². The van der Waals surface area contributed by atoms with Crippen LogP contribution in [0.25, 0.3) is 11.3 Å². The summed E-state index contributed by atoms with van der Waals surface area (Å²) in [6.45, 7) is 2.49. The van der Waals surface area contributed by atoms with Crippen LogP contribution >= 0.6 is 11.6 Å². The Balaban J connectivity index is 1.35. The van der Waals surface area contributed by atoms with E-state index in [1.807, 2.05) is 36.4 Å². The van der Waals surface area contributed by atoms with Gasteiger partial charge in [0.2, 0.25) is 0 Å². The molecule has 32 heavy (non-hydrogen) atoms. The lowest BCUT2D eigenvalue weighted by Gasteiger charge is -2.35. The van der Waals surface area contributed by atoms with Gasteiger partial charge >= 0.3 is 6.03 Å². The van der Waals surface area contributed by atoms with Gasteiger partial charge in [-0.2, -0.15) is 0 Å². The topological polar surface area (TPSA) is 79.8 Å². The number of urea groups is 1. The molecule has 8 nitrogen and oxygen atoms in total. The average molecular weight is 454 g/mol. The number of methoxy groups -OCH3 is 2. The van der Waals surface area contributed by atoms with Crippen LogP contribution in [0.3, 0.4) is 0 Å². The number of piperazine rings is 1. The number of anilines is 2. The second-order valence-electron chi connectivity index (χ2n) is 7.23. The van der Waals surface area contributed by atoms with Crippen LogP contribution in [0.1, 0.15) is 0 Å². The fourth-order valence-electron chi connectivity index (χ4n) is 3.56. The molecule has 0 radical (unpaired) electrons. The molecule has 1 N–H and O–H groups in total. The molecule has 0 unspecified atom stereocenters. The molecule has 1 saturated heterocycles. The smallest absolute Gasteiger partial charge is 0.321 e. The van der Waals surface area contributed by atoms with E-state index < -0.39 is 0 Å². The number of rotatable bonds is 5. The van der Waals surface area contributed by atoms with Gasteiger partial charge in [-0.15, -0.1) is 10.2 Å². The van der Waals surface area contributed by atoms with Gasteiger partial charge < -0.3 is 24.6 Å². The number of halogens is 1. The molecule has 4 rings (SSSR count). The van der Waals surface area contributed by atoms with Crippen LogP contribution < -0.4 is 19.7 Å². The number of nitrogens with one attached hydrogen (secondary N) is 1. The molecule has 166 valence electrons. The number of hydrogen-bond donors (Lipinski definition) is 1. The molecule has 1 fully saturated rings. The molecule has 9 heteroatoms. The summed E-state index contributed by atoms with van der Waals surface area (Å²) in [4.78, 5) is 16.6. The number of nitrogens with zero attached hydrogens (tertiary/aromatic N) is 4. The maximum absolute atomic E-state index is 12.7. The Morgan fingerprint density at radius 3 is 2.34 bits per heavy atom. The molecule has 0 atom stereocenters. The van der Waals surface area contributed by atoms with E-state index in [2.05, 4.69) is 20.4 Å². The van der Waals surface area contributed by atoms with Gasteiger partial charge in [-0.3, -0.25) is 0 Å². The second-order valence-corrected chi connectivity index (χ2v) is 7.64. The number of carbonyl (C=O) groups excluding carboxylic acids is 1. The van der Waals surface area contributed by atoms with Crippen LogP contribution in [0.4, 0.5) is 16.3 Å². The van der Waals surface area contributed by atoms with Crippen LogP contribution in [0.2, 0.25) is 5.02 Å². The number of amides is 2. The van der Waals surface area contributed by atoms with Crippen molar-refractivity contribution < 1.29 is 14.3 Å². The minimum Gasteiger partial charge on any atom is -0.493 e. The van der Waals surface area contributed by atoms with Gasteiger partial charge in [0, 0.05) is 43.5 Å². The average Bonchev–Trinajstić information content (AvgIpc) is 2.84. The Kier molecular flexibility index (Phi) is 6.61. The molecule has 0 saturated carbocycles. The molecular formula is C23H24ClN5O3. The summed E-state index contributed by atoms with van der Waals surface area (Å²) in [5.74, 6) is 1.95. The van der Waals surface area contributed by atoms with Crippen molar-refractivity contribution >= 4 is 29.1 Å². The normalized spacial score (nSPS) is 13.6. The third kappa shape index (κ3) is 4.70. The number of ether oxygens (including phenoxy) is 2. The lowest BCUT2D eigenvalue weighted by Crippen LogP contribution is -2.50. The predicted molar refractivity (Wildman–Crippen MR) is 125 cm³/mol. The summed E-state index contributed by atoms with van der Waals surface area (Å²) >= 11 is 6.25. The van der Waals surface area contributed by atoms with E-state index in [-0.39, 0.29) is 6.03 Å². The Bertz CT molecular complexity index is 1090. The fourth-order valence-corrected chi connectivity index (χ4v) is 3.79. The van der Waals surface area contributed by atoms with Crippen molar-refractivity contribution in [2.45, 2.75) is 0 Å². The first-order valence-electron chi connectivity index (χ1n) is 10.2. The maximum atomic E-state index is 12.7. The van der Waals surface area contributed by atoms with Crippen LogP contribution in [0.15, 0.2) is 54.6 Å². The van der Waals surface area contributed by atoms with Crippen LogP contribution in [-0.4, -0.2) is 61.5 Å². The van der Waals surface area contributed by atoms with E-state index in [0.717, 1.165) is 17.1 Å². The molecule has 2 amide bonds. The fraction of sp³-hybridized carbons (Fsp3) is 0.261. The van der Waals surface area contributed by atoms with Crippen molar-refractivity contribution in [1.29, 1.82) is 0 Å². The highest BCUT2D eigenvalue weighted by Crippen LogP contribution is 2.30. The SMILES string of the molecule is COc1ccc(NC(=O)N2CCN(c3ccc(-c4ccccc4Cl)nn3)CC2)cc1OC. The summed E-state index contributed by atoms with van der Waals surface area (Å²) in [5, 5.41) is 12.3. The number of aromatic nitrogens is 2. The first-order valence-corrected chi connectivity index (χ1v) is 10.6. The number of hydrogen-bond acceptors (Lipinski definition) is 6. The lowest BCUT2D eigenvalue weighted by molar-refractivity contribution is 0.208. The molecule has 0 spiro atoms. The predicted octanol–water partition coefficient (Wildman–Crippen LogP) is 4.17. The highest BCUT2D eigenvalue weighted by molar-refractivity contribution is 6.33. The number of carbonyl (C=O) groups is 1. The van der Waals surface area contributed by atoms with E-state index in [1.165, 1.54) is 0 Å². The van der Waals surface area contributed by atoms with Crippen molar-refractivity contribution in [3.8, 4) is 22.8 Å². The van der Waals surface area contributed by atoms with E-state index >= 15 is 0 Å². The Labute approximate surface area is 191 Å². The van der Waals surface area contributed by atoms with Gasteiger partial charge in [0.1, 0.15) is 0 Å². The molecule has 2 aromatic carbocycles. The third-order valence-electron chi connectivity index (χ3n) is 5.33. The monoisotopic (exact) mass is 453 g/mol. The van der Waals surface area contributed by atoms with Crippen molar-refractivity contribution in [2.75, 3.05) is 50.6 Å². The molecule has 0 bridgehead atoms. The molecule has 0 aliphatic carbocycles. The highest BCUT2D eigenvalue weighted by Gasteiger charge is 2.22. The summed E-state index contributed by atoms with van der Waals surface area (Å²) in [5.41, 5.74) is 2.23. The Morgan fingerprint density at radius 2 is 1.69 bits per heavy atom. The van der Waals surface area contributed by atoms with Gasteiger partial charge in [0.25, 0.3) is 0 Å². The summed E-state index contributed by atoms with van der Waals surface area (Å²) < 4.78 is 10.5. The van der Waals surface area contributed by atoms with Crippen LogP contribution in [0, 0.1) is 0 Å². The minimum absolute atomic E-state index is 0.156. The van der Waals surface area contributed by atoms with Crippen molar-refractivity contribution in [3.63, 3.8) is 0 Å². The third-order valence-corrected chi connectivity index (χ3v) is 5.66. The van der Waals surface area contributed by atoms with Crippen molar-refractivity contribution in [2.24, 2.45) is 0 Å². The first-order chi connectivity index (χ1) is 15.6. The standard InChI is InChI=1S/C23H24ClN5O3/c1-31-20-9-7-16(15-21(20)32-2)25-23(30)29-13-11-28(12-14-29)22-10-8-19(26-27-22)17-5-3-4-6-18(17)24/h3-10,15H,11-14H2,1-2H3,(H,25,30). The van der Waals surface area contributed by atoms with Crippen LogP contribution in [-0.2, 0) is 0 Å². The largest absolute Gasteiger partial charge is 0.493 e. The molecule has 1 aliphatic rings. The Hall–Kier alpha value is -3.52. The minimum atomic E-state index is -0.156. The van der Waals surface area contributed by atoms with E-state index in [0.29, 0.717) is 48.4 Å².